The molecule has 6 nitrogen and oxygen atoms in total. The lowest BCUT2D eigenvalue weighted by Gasteiger charge is -2.04. The summed E-state index contributed by atoms with van der Waals surface area (Å²) in [4.78, 5) is 11.7. The van der Waals surface area contributed by atoms with Crippen molar-refractivity contribution in [1.82, 2.24) is 14.6 Å². The number of hydrogen-bond donors (Lipinski definition) is 0. The number of benzene rings is 1. The molecule has 0 bridgehead atoms. The van der Waals surface area contributed by atoms with E-state index in [2.05, 4.69) is 10.2 Å². The first-order chi connectivity index (χ1) is 10.7. The minimum absolute atomic E-state index is 0.401. The number of pyridine rings is 1. The van der Waals surface area contributed by atoms with Gasteiger partial charge in [-0.1, -0.05) is 12.1 Å². The van der Waals surface area contributed by atoms with E-state index in [1.165, 1.54) is 7.11 Å². The van der Waals surface area contributed by atoms with Crippen LogP contribution in [0, 0.1) is 0 Å². The molecule has 0 saturated carbocycles. The fourth-order valence-corrected chi connectivity index (χ4v) is 2.28. The predicted molar refractivity (Wildman–Crippen MR) is 80.1 cm³/mol. The lowest BCUT2D eigenvalue weighted by Crippen LogP contribution is -2.05. The summed E-state index contributed by atoms with van der Waals surface area (Å²) in [6.45, 7) is 0. The Balaban J connectivity index is 1.96. The van der Waals surface area contributed by atoms with E-state index in [0.717, 1.165) is 17.1 Å². The lowest BCUT2D eigenvalue weighted by molar-refractivity contribution is 0.0602. The molecular formula is C16H15N3O3. The van der Waals surface area contributed by atoms with Crippen molar-refractivity contribution >= 4 is 11.6 Å². The molecule has 2 heterocycles. The van der Waals surface area contributed by atoms with E-state index in [0.29, 0.717) is 17.6 Å². The molecule has 6 heteroatoms. The SMILES string of the molecule is COC(=O)c1cccn2c(Cc3ccc(OC)cc3)nnc12. The monoisotopic (exact) mass is 297 g/mol. The first kappa shape index (κ1) is 14.1. The van der Waals surface area contributed by atoms with Crippen molar-refractivity contribution in [3.63, 3.8) is 0 Å². The Kier molecular flexibility index (Phi) is 3.74. The highest BCUT2D eigenvalue weighted by atomic mass is 16.5. The number of carbonyl (C=O) groups excluding carboxylic acids is 1. The van der Waals surface area contributed by atoms with Gasteiger partial charge in [0.15, 0.2) is 5.65 Å². The van der Waals surface area contributed by atoms with Gasteiger partial charge in [0.05, 0.1) is 14.2 Å². The highest BCUT2D eigenvalue weighted by Gasteiger charge is 2.15. The van der Waals surface area contributed by atoms with Gasteiger partial charge in [-0.3, -0.25) is 4.40 Å². The van der Waals surface area contributed by atoms with Crippen LogP contribution in [0.25, 0.3) is 5.65 Å². The van der Waals surface area contributed by atoms with E-state index in [1.54, 1.807) is 23.6 Å². The Bertz CT molecular complexity index is 809. The molecule has 2 aromatic heterocycles. The van der Waals surface area contributed by atoms with E-state index < -0.39 is 5.97 Å². The summed E-state index contributed by atoms with van der Waals surface area (Å²) < 4.78 is 11.7. The molecule has 0 saturated heterocycles. The second-order valence-electron chi connectivity index (χ2n) is 4.75. The number of methoxy groups -OCH3 is 2. The molecule has 0 spiro atoms. The van der Waals surface area contributed by atoms with E-state index in [9.17, 15) is 4.79 Å². The molecule has 0 atom stereocenters. The Morgan fingerprint density at radius 2 is 1.91 bits per heavy atom. The number of ether oxygens (including phenoxy) is 2. The Hall–Kier alpha value is -2.89. The number of nitrogens with zero attached hydrogens (tertiary/aromatic N) is 3. The van der Waals surface area contributed by atoms with Gasteiger partial charge in [0.1, 0.15) is 17.1 Å². The highest BCUT2D eigenvalue weighted by molar-refractivity contribution is 5.95. The van der Waals surface area contributed by atoms with Crippen LogP contribution in [0.1, 0.15) is 21.7 Å². The van der Waals surface area contributed by atoms with Crippen LogP contribution in [-0.4, -0.2) is 34.8 Å². The molecule has 0 aliphatic carbocycles. The third kappa shape index (κ3) is 2.50. The maximum Gasteiger partial charge on any atom is 0.341 e. The standard InChI is InChI=1S/C16H15N3O3/c1-21-12-7-5-11(6-8-12)10-14-17-18-15-13(16(20)22-2)4-3-9-19(14)15/h3-9H,10H2,1-2H3. The van der Waals surface area contributed by atoms with Crippen LogP contribution in [0.4, 0.5) is 0 Å². The van der Waals surface area contributed by atoms with Gasteiger partial charge < -0.3 is 9.47 Å². The van der Waals surface area contributed by atoms with Crippen molar-refractivity contribution < 1.29 is 14.3 Å². The minimum atomic E-state index is -0.422. The first-order valence-corrected chi connectivity index (χ1v) is 6.77. The zero-order valence-electron chi connectivity index (χ0n) is 12.3. The van der Waals surface area contributed by atoms with E-state index in [-0.39, 0.29) is 0 Å². The number of hydrogen-bond acceptors (Lipinski definition) is 5. The number of rotatable bonds is 4. The topological polar surface area (TPSA) is 65.7 Å². The zero-order chi connectivity index (χ0) is 15.5. The fraction of sp³-hybridized carbons (Fsp3) is 0.188. The highest BCUT2D eigenvalue weighted by Crippen LogP contribution is 2.16. The molecule has 0 amide bonds. The number of fused-ring (bicyclic) bond motifs is 1. The summed E-state index contributed by atoms with van der Waals surface area (Å²) in [5.74, 6) is 1.14. The Morgan fingerprint density at radius 1 is 1.14 bits per heavy atom. The van der Waals surface area contributed by atoms with Crippen LogP contribution in [-0.2, 0) is 11.2 Å². The van der Waals surface area contributed by atoms with Crippen LogP contribution in [0.2, 0.25) is 0 Å². The van der Waals surface area contributed by atoms with Crippen LogP contribution in [0.5, 0.6) is 5.75 Å². The minimum Gasteiger partial charge on any atom is -0.497 e. The molecule has 0 aliphatic heterocycles. The summed E-state index contributed by atoms with van der Waals surface area (Å²) in [5, 5.41) is 8.29. The molecule has 0 N–H and O–H groups in total. The summed E-state index contributed by atoms with van der Waals surface area (Å²) >= 11 is 0. The summed E-state index contributed by atoms with van der Waals surface area (Å²) in [6, 6.07) is 11.2. The maximum absolute atomic E-state index is 11.7. The van der Waals surface area contributed by atoms with Crippen molar-refractivity contribution in [3.05, 3.63) is 59.5 Å². The average molecular weight is 297 g/mol. The van der Waals surface area contributed by atoms with Gasteiger partial charge in [-0.15, -0.1) is 10.2 Å². The summed E-state index contributed by atoms with van der Waals surface area (Å²) in [5.41, 5.74) is 1.98. The molecule has 0 unspecified atom stereocenters. The van der Waals surface area contributed by atoms with Crippen LogP contribution in [0.15, 0.2) is 42.6 Å². The second kappa shape index (κ2) is 5.85. The molecule has 3 rings (SSSR count). The van der Waals surface area contributed by atoms with Gasteiger partial charge in [-0.05, 0) is 29.8 Å². The Morgan fingerprint density at radius 3 is 2.59 bits per heavy atom. The van der Waals surface area contributed by atoms with Gasteiger partial charge in [-0.2, -0.15) is 0 Å². The molecule has 3 aromatic rings. The molecule has 0 aliphatic rings. The molecule has 1 aromatic carbocycles. The smallest absolute Gasteiger partial charge is 0.341 e. The zero-order valence-corrected chi connectivity index (χ0v) is 12.3. The van der Waals surface area contributed by atoms with Gasteiger partial charge in [0.25, 0.3) is 0 Å². The Labute approximate surface area is 127 Å². The number of aromatic nitrogens is 3. The van der Waals surface area contributed by atoms with Crippen LogP contribution >= 0.6 is 0 Å². The van der Waals surface area contributed by atoms with Crippen molar-refractivity contribution in [2.24, 2.45) is 0 Å². The van der Waals surface area contributed by atoms with Gasteiger partial charge in [0.2, 0.25) is 0 Å². The summed E-state index contributed by atoms with van der Waals surface area (Å²) in [6.07, 6.45) is 2.44. The summed E-state index contributed by atoms with van der Waals surface area (Å²) in [7, 11) is 2.98. The van der Waals surface area contributed by atoms with Gasteiger partial charge in [0, 0.05) is 12.6 Å². The molecule has 0 fully saturated rings. The third-order valence-corrected chi connectivity index (χ3v) is 3.43. The van der Waals surface area contributed by atoms with E-state index in [1.807, 2.05) is 30.5 Å². The maximum atomic E-state index is 11.7. The van der Waals surface area contributed by atoms with E-state index >= 15 is 0 Å². The first-order valence-electron chi connectivity index (χ1n) is 6.77. The van der Waals surface area contributed by atoms with Crippen molar-refractivity contribution in [1.29, 1.82) is 0 Å². The van der Waals surface area contributed by atoms with Crippen LogP contribution < -0.4 is 4.74 Å². The number of carbonyl (C=O) groups is 1. The quantitative estimate of drug-likeness (QED) is 0.690. The lowest BCUT2D eigenvalue weighted by atomic mass is 10.1. The molecular weight excluding hydrogens is 282 g/mol. The molecule has 112 valence electrons. The average Bonchev–Trinajstić information content (AvgIpc) is 2.98. The third-order valence-electron chi connectivity index (χ3n) is 3.43. The molecule has 22 heavy (non-hydrogen) atoms. The van der Waals surface area contributed by atoms with Crippen molar-refractivity contribution in [2.45, 2.75) is 6.42 Å². The molecule has 0 radical (unpaired) electrons. The van der Waals surface area contributed by atoms with Gasteiger partial charge in [-0.25, -0.2) is 4.79 Å². The second-order valence-corrected chi connectivity index (χ2v) is 4.75. The van der Waals surface area contributed by atoms with Crippen molar-refractivity contribution in [2.75, 3.05) is 14.2 Å². The predicted octanol–water partition coefficient (Wildman–Crippen LogP) is 2.12. The van der Waals surface area contributed by atoms with Crippen LogP contribution in [0.3, 0.4) is 0 Å². The number of esters is 1. The fourth-order valence-electron chi connectivity index (χ4n) is 2.28. The normalized spacial score (nSPS) is 10.6. The van der Waals surface area contributed by atoms with E-state index in [4.69, 9.17) is 9.47 Å². The van der Waals surface area contributed by atoms with Crippen molar-refractivity contribution in [3.8, 4) is 5.75 Å². The largest absolute Gasteiger partial charge is 0.497 e. The van der Waals surface area contributed by atoms with Gasteiger partial charge >= 0.3 is 5.97 Å².